The highest BCUT2D eigenvalue weighted by Crippen LogP contribution is 2.22. The van der Waals surface area contributed by atoms with Gasteiger partial charge in [-0.2, -0.15) is 0 Å². The van der Waals surface area contributed by atoms with Gasteiger partial charge in [0.15, 0.2) is 0 Å². The molecule has 1 saturated carbocycles. The van der Waals surface area contributed by atoms with E-state index in [-0.39, 0.29) is 0 Å². The van der Waals surface area contributed by atoms with E-state index in [2.05, 4.69) is 26.1 Å². The zero-order chi connectivity index (χ0) is 14.6. The Kier molecular flexibility index (Phi) is 10.4. The van der Waals surface area contributed by atoms with Crippen molar-refractivity contribution in [3.63, 3.8) is 0 Å². The van der Waals surface area contributed by atoms with Crippen molar-refractivity contribution in [1.29, 1.82) is 0 Å². The normalized spacial score (nSPS) is 25.9. The van der Waals surface area contributed by atoms with Gasteiger partial charge in [0.2, 0.25) is 0 Å². The van der Waals surface area contributed by atoms with Crippen molar-refractivity contribution in [1.82, 2.24) is 5.32 Å². The highest BCUT2D eigenvalue weighted by atomic mass is 16.5. The molecular formula is C18H37NO. The van der Waals surface area contributed by atoms with Gasteiger partial charge in [-0.3, -0.25) is 0 Å². The number of rotatable bonds is 9. The van der Waals surface area contributed by atoms with Crippen LogP contribution in [-0.2, 0) is 4.74 Å². The summed E-state index contributed by atoms with van der Waals surface area (Å²) in [6.45, 7) is 7.82. The summed E-state index contributed by atoms with van der Waals surface area (Å²) >= 11 is 0. The molecule has 1 aliphatic rings. The third-order valence-corrected chi connectivity index (χ3v) is 4.54. The maximum Gasteiger partial charge on any atom is 0.0731 e. The minimum Gasteiger partial charge on any atom is -0.374 e. The molecule has 0 bridgehead atoms. The second-order valence-electron chi connectivity index (χ2n) is 6.49. The third kappa shape index (κ3) is 7.64. The summed E-state index contributed by atoms with van der Waals surface area (Å²) < 4.78 is 6.41. The van der Waals surface area contributed by atoms with Crippen LogP contribution in [0.2, 0.25) is 0 Å². The second-order valence-corrected chi connectivity index (χ2v) is 6.49. The molecule has 120 valence electrons. The minimum atomic E-state index is 0.428. The highest BCUT2D eigenvalue weighted by molar-refractivity contribution is 4.80. The van der Waals surface area contributed by atoms with Gasteiger partial charge in [0, 0.05) is 6.04 Å². The lowest BCUT2D eigenvalue weighted by atomic mass is 9.94. The molecule has 0 radical (unpaired) electrons. The number of hydrogen-bond acceptors (Lipinski definition) is 2. The van der Waals surface area contributed by atoms with Crippen LogP contribution in [0.5, 0.6) is 0 Å². The summed E-state index contributed by atoms with van der Waals surface area (Å²) in [6.07, 6.45) is 15.5. The molecule has 3 unspecified atom stereocenters. The van der Waals surface area contributed by atoms with Crippen LogP contribution >= 0.6 is 0 Å². The first kappa shape index (κ1) is 18.0. The summed E-state index contributed by atoms with van der Waals surface area (Å²) in [7, 11) is 0. The predicted octanol–water partition coefficient (Wildman–Crippen LogP) is 5.06. The first-order valence-corrected chi connectivity index (χ1v) is 9.16. The maximum atomic E-state index is 6.41. The molecule has 0 saturated heterocycles. The Morgan fingerprint density at radius 3 is 2.45 bits per heavy atom. The van der Waals surface area contributed by atoms with Crippen LogP contribution in [0.4, 0.5) is 0 Å². The van der Waals surface area contributed by atoms with E-state index in [1.165, 1.54) is 70.6 Å². The second kappa shape index (κ2) is 11.6. The zero-order valence-electron chi connectivity index (χ0n) is 14.1. The van der Waals surface area contributed by atoms with Crippen molar-refractivity contribution in [2.75, 3.05) is 6.54 Å². The fourth-order valence-electron chi connectivity index (χ4n) is 3.33. The molecule has 1 N–H and O–H groups in total. The molecule has 0 amide bonds. The topological polar surface area (TPSA) is 21.3 Å². The van der Waals surface area contributed by atoms with Crippen molar-refractivity contribution in [2.24, 2.45) is 0 Å². The van der Waals surface area contributed by atoms with E-state index in [4.69, 9.17) is 4.74 Å². The molecule has 1 rings (SSSR count). The van der Waals surface area contributed by atoms with Crippen LogP contribution in [0.3, 0.4) is 0 Å². The summed E-state index contributed by atoms with van der Waals surface area (Å²) in [5.74, 6) is 0. The number of hydrogen-bond donors (Lipinski definition) is 1. The number of ether oxygens (including phenoxy) is 1. The number of nitrogens with one attached hydrogen (secondary N) is 1. The first-order valence-electron chi connectivity index (χ1n) is 9.16. The van der Waals surface area contributed by atoms with E-state index in [0.29, 0.717) is 18.2 Å². The lowest BCUT2D eigenvalue weighted by Crippen LogP contribution is -2.43. The van der Waals surface area contributed by atoms with Crippen molar-refractivity contribution >= 4 is 0 Å². The molecule has 0 aliphatic heterocycles. The molecule has 2 nitrogen and oxygen atoms in total. The third-order valence-electron chi connectivity index (χ3n) is 4.54. The summed E-state index contributed by atoms with van der Waals surface area (Å²) in [5, 5.41) is 3.66. The van der Waals surface area contributed by atoms with Gasteiger partial charge in [-0.15, -0.1) is 0 Å². The monoisotopic (exact) mass is 283 g/mol. The SMILES string of the molecule is CCCCCCC(C)OC1CCCCCCC1NCC. The van der Waals surface area contributed by atoms with E-state index >= 15 is 0 Å². The lowest BCUT2D eigenvalue weighted by molar-refractivity contribution is -0.0359. The van der Waals surface area contributed by atoms with Crippen LogP contribution < -0.4 is 5.32 Å². The van der Waals surface area contributed by atoms with E-state index < -0.39 is 0 Å². The Hall–Kier alpha value is -0.0800. The summed E-state index contributed by atoms with van der Waals surface area (Å²) in [6, 6.07) is 0.582. The van der Waals surface area contributed by atoms with Crippen LogP contribution in [0, 0.1) is 0 Å². The molecule has 1 fully saturated rings. The molecule has 0 aromatic carbocycles. The smallest absolute Gasteiger partial charge is 0.0731 e. The quantitative estimate of drug-likeness (QED) is 0.597. The van der Waals surface area contributed by atoms with Gasteiger partial charge in [0.1, 0.15) is 0 Å². The van der Waals surface area contributed by atoms with Crippen molar-refractivity contribution in [3.8, 4) is 0 Å². The fourth-order valence-corrected chi connectivity index (χ4v) is 3.33. The van der Waals surface area contributed by atoms with Crippen molar-refractivity contribution < 1.29 is 4.74 Å². The van der Waals surface area contributed by atoms with E-state index in [1.807, 2.05) is 0 Å². The molecule has 20 heavy (non-hydrogen) atoms. The Morgan fingerprint density at radius 2 is 1.75 bits per heavy atom. The van der Waals surface area contributed by atoms with Crippen molar-refractivity contribution in [3.05, 3.63) is 0 Å². The van der Waals surface area contributed by atoms with Crippen LogP contribution in [0.1, 0.15) is 91.4 Å². The van der Waals surface area contributed by atoms with Gasteiger partial charge < -0.3 is 10.1 Å². The van der Waals surface area contributed by atoms with E-state index in [1.54, 1.807) is 0 Å². The van der Waals surface area contributed by atoms with Crippen LogP contribution in [0.15, 0.2) is 0 Å². The Bertz CT molecular complexity index is 219. The van der Waals surface area contributed by atoms with Gasteiger partial charge in [0.05, 0.1) is 12.2 Å². The zero-order valence-corrected chi connectivity index (χ0v) is 14.1. The number of unbranched alkanes of at least 4 members (excludes halogenated alkanes) is 3. The lowest BCUT2D eigenvalue weighted by Gasteiger charge is -2.32. The Morgan fingerprint density at radius 1 is 1.00 bits per heavy atom. The van der Waals surface area contributed by atoms with Gasteiger partial charge >= 0.3 is 0 Å². The average Bonchev–Trinajstić information content (AvgIpc) is 2.42. The Balaban J connectivity index is 2.34. The van der Waals surface area contributed by atoms with Gasteiger partial charge in [-0.05, 0) is 32.7 Å². The van der Waals surface area contributed by atoms with Crippen molar-refractivity contribution in [2.45, 2.75) is 110 Å². The first-order chi connectivity index (χ1) is 9.77. The highest BCUT2D eigenvalue weighted by Gasteiger charge is 2.24. The molecule has 1 aliphatic carbocycles. The maximum absolute atomic E-state index is 6.41. The average molecular weight is 284 g/mol. The molecule has 2 heteroatoms. The standard InChI is InChI=1S/C18H37NO/c1-4-6-7-10-13-16(3)20-18-15-12-9-8-11-14-17(18)19-5-2/h16-19H,4-15H2,1-3H3. The van der Waals surface area contributed by atoms with E-state index in [0.717, 1.165) is 6.54 Å². The van der Waals surface area contributed by atoms with Gasteiger partial charge in [-0.25, -0.2) is 0 Å². The minimum absolute atomic E-state index is 0.428. The molecule has 0 aromatic rings. The van der Waals surface area contributed by atoms with Gasteiger partial charge in [0.25, 0.3) is 0 Å². The largest absolute Gasteiger partial charge is 0.374 e. The molecule has 3 atom stereocenters. The molecule has 0 spiro atoms. The fraction of sp³-hybridized carbons (Fsp3) is 1.00. The Labute approximate surface area is 127 Å². The number of likely N-dealkylation sites (N-methyl/N-ethyl adjacent to an activating group) is 1. The summed E-state index contributed by atoms with van der Waals surface area (Å²) in [5.41, 5.74) is 0. The molecule has 0 aromatic heterocycles. The van der Waals surface area contributed by atoms with Crippen LogP contribution in [0.25, 0.3) is 0 Å². The molecular weight excluding hydrogens is 246 g/mol. The summed E-state index contributed by atoms with van der Waals surface area (Å²) in [4.78, 5) is 0. The molecule has 0 heterocycles. The van der Waals surface area contributed by atoms with Gasteiger partial charge in [-0.1, -0.05) is 65.2 Å². The van der Waals surface area contributed by atoms with E-state index in [9.17, 15) is 0 Å². The predicted molar refractivity (Wildman–Crippen MR) is 88.3 cm³/mol. The van der Waals surface area contributed by atoms with Crippen LogP contribution in [-0.4, -0.2) is 24.8 Å².